The van der Waals surface area contributed by atoms with Crippen molar-refractivity contribution in [1.29, 1.82) is 0 Å². The van der Waals surface area contributed by atoms with E-state index in [-0.39, 0.29) is 10.8 Å². The minimum atomic E-state index is -1.98. The van der Waals surface area contributed by atoms with Gasteiger partial charge in [-0.05, 0) is 22.4 Å². The number of primary amides is 1. The van der Waals surface area contributed by atoms with Crippen LogP contribution >= 0.6 is 0 Å². The van der Waals surface area contributed by atoms with E-state index in [9.17, 15) is 9.90 Å². The van der Waals surface area contributed by atoms with Gasteiger partial charge in [-0.2, -0.15) is 0 Å². The van der Waals surface area contributed by atoms with Crippen molar-refractivity contribution >= 4 is 19.2 Å². The van der Waals surface area contributed by atoms with E-state index in [4.69, 9.17) is 5.73 Å². The molecule has 0 aromatic heterocycles. The fourth-order valence-electron chi connectivity index (χ4n) is 1.78. The largest absolute Gasteiger partial charge is 0.508 e. The van der Waals surface area contributed by atoms with Crippen molar-refractivity contribution in [2.75, 3.05) is 0 Å². The van der Waals surface area contributed by atoms with Crippen LogP contribution in [0, 0.1) is 0 Å². The van der Waals surface area contributed by atoms with Gasteiger partial charge in [0, 0.05) is 5.56 Å². The van der Waals surface area contributed by atoms with Gasteiger partial charge in [0.1, 0.15) is 5.75 Å². The summed E-state index contributed by atoms with van der Waals surface area (Å²) in [5.41, 5.74) is 5.85. The molecule has 0 saturated heterocycles. The minimum absolute atomic E-state index is 0.0377. The molecule has 4 heteroatoms. The summed E-state index contributed by atoms with van der Waals surface area (Å²) < 4.78 is 0. The van der Waals surface area contributed by atoms with Crippen molar-refractivity contribution in [1.82, 2.24) is 0 Å². The molecule has 0 radical (unpaired) electrons. The van der Waals surface area contributed by atoms with Gasteiger partial charge in [0.15, 0.2) is 0 Å². The van der Waals surface area contributed by atoms with E-state index in [1.165, 1.54) is 0 Å². The molecule has 0 fully saturated rings. The first-order chi connectivity index (χ1) is 7.59. The number of hydrogen-bond donors (Lipinski definition) is 2. The highest BCUT2D eigenvalue weighted by atomic mass is 28.3. The molecule has 1 rings (SSSR count). The fraction of sp³-hybridized carbons (Fsp3) is 0.462. The molecule has 1 aromatic rings. The Morgan fingerprint density at radius 3 is 2.24 bits per heavy atom. The highest BCUT2D eigenvalue weighted by molar-refractivity contribution is 6.93. The normalized spacial score (nSPS) is 12.5. The number of carbonyl (C=O) groups excluding carboxylic acids is 1. The number of phenolic OH excluding ortho intramolecular Hbond substituents is 1. The van der Waals surface area contributed by atoms with E-state index >= 15 is 0 Å². The lowest BCUT2D eigenvalue weighted by Crippen LogP contribution is -2.52. The lowest BCUT2D eigenvalue weighted by Gasteiger charge is -2.38. The summed E-state index contributed by atoms with van der Waals surface area (Å²) >= 11 is 0. The van der Waals surface area contributed by atoms with Crippen LogP contribution in [0.2, 0.25) is 18.1 Å². The van der Waals surface area contributed by atoms with Crippen LogP contribution in [0.15, 0.2) is 18.2 Å². The van der Waals surface area contributed by atoms with E-state index in [0.29, 0.717) is 5.56 Å². The summed E-state index contributed by atoms with van der Waals surface area (Å²) in [5, 5.41) is 10.9. The maximum Gasteiger partial charge on any atom is 0.248 e. The highest BCUT2D eigenvalue weighted by Gasteiger charge is 2.40. The lowest BCUT2D eigenvalue weighted by molar-refractivity contribution is 0.100. The monoisotopic (exact) mass is 251 g/mol. The van der Waals surface area contributed by atoms with Crippen LogP contribution in [0.4, 0.5) is 0 Å². The molecular weight excluding hydrogens is 230 g/mol. The van der Waals surface area contributed by atoms with Crippen LogP contribution in [0.3, 0.4) is 0 Å². The molecule has 0 saturated carbocycles. The number of nitrogens with two attached hydrogens (primary N) is 1. The quantitative estimate of drug-likeness (QED) is 0.792. The fourth-order valence-corrected chi connectivity index (χ4v) is 4.13. The van der Waals surface area contributed by atoms with Gasteiger partial charge in [-0.25, -0.2) is 0 Å². The third kappa shape index (κ3) is 2.36. The molecule has 17 heavy (non-hydrogen) atoms. The second kappa shape index (κ2) is 4.18. The Hall–Kier alpha value is -1.29. The zero-order chi connectivity index (χ0) is 13.4. The van der Waals surface area contributed by atoms with Crippen molar-refractivity contribution < 1.29 is 9.90 Å². The number of hydrogen-bond acceptors (Lipinski definition) is 2. The van der Waals surface area contributed by atoms with Crippen molar-refractivity contribution in [2.45, 2.75) is 38.9 Å². The average Bonchev–Trinajstić information content (AvgIpc) is 2.14. The zero-order valence-corrected chi connectivity index (χ0v) is 12.2. The van der Waals surface area contributed by atoms with Gasteiger partial charge in [0.2, 0.25) is 5.91 Å². The van der Waals surface area contributed by atoms with Gasteiger partial charge < -0.3 is 10.8 Å². The summed E-state index contributed by atoms with van der Waals surface area (Å²) in [4.78, 5) is 11.5. The van der Waals surface area contributed by atoms with E-state index in [0.717, 1.165) is 5.19 Å². The third-order valence-corrected chi connectivity index (χ3v) is 9.33. The Morgan fingerprint density at radius 2 is 1.82 bits per heavy atom. The maximum atomic E-state index is 11.5. The van der Waals surface area contributed by atoms with E-state index in [2.05, 4.69) is 33.9 Å². The first kappa shape index (κ1) is 13.8. The van der Waals surface area contributed by atoms with Crippen LogP contribution in [-0.2, 0) is 0 Å². The molecule has 94 valence electrons. The average molecular weight is 251 g/mol. The van der Waals surface area contributed by atoms with E-state index < -0.39 is 14.0 Å². The van der Waals surface area contributed by atoms with Crippen molar-refractivity contribution in [2.24, 2.45) is 5.73 Å². The molecule has 0 unspecified atom stereocenters. The van der Waals surface area contributed by atoms with Crippen LogP contribution < -0.4 is 10.9 Å². The summed E-state index contributed by atoms with van der Waals surface area (Å²) in [5.74, 6) is -0.284. The van der Waals surface area contributed by atoms with Gasteiger partial charge in [-0.3, -0.25) is 4.79 Å². The Kier molecular flexibility index (Phi) is 3.39. The summed E-state index contributed by atoms with van der Waals surface area (Å²) in [6.45, 7) is 10.7. The zero-order valence-electron chi connectivity index (χ0n) is 11.2. The number of amides is 1. The van der Waals surface area contributed by atoms with Crippen LogP contribution in [0.25, 0.3) is 0 Å². The molecule has 0 atom stereocenters. The van der Waals surface area contributed by atoms with Crippen molar-refractivity contribution in [3.63, 3.8) is 0 Å². The van der Waals surface area contributed by atoms with Gasteiger partial charge in [0.25, 0.3) is 0 Å². The highest BCUT2D eigenvalue weighted by Crippen LogP contribution is 2.37. The first-order valence-corrected chi connectivity index (χ1v) is 8.71. The summed E-state index contributed by atoms with van der Waals surface area (Å²) in [7, 11) is -1.98. The standard InChI is InChI=1S/C13H21NO2Si/c1-13(2,3)17(4,5)11-9(12(14)16)7-6-8-10(11)15/h6-8,15H,1-5H3,(H2,14,16). The molecular formula is C13H21NO2Si. The SMILES string of the molecule is CC(C)(C)[Si](C)(C)c1c(O)cccc1C(N)=O. The Bertz CT molecular complexity index is 447. The number of rotatable bonds is 2. The number of benzene rings is 1. The molecule has 0 spiro atoms. The molecule has 1 aromatic carbocycles. The lowest BCUT2D eigenvalue weighted by atomic mass is 10.2. The molecule has 0 heterocycles. The first-order valence-electron chi connectivity index (χ1n) is 5.71. The predicted octanol–water partition coefficient (Wildman–Crippen LogP) is 2.21. The predicted molar refractivity (Wildman–Crippen MR) is 73.5 cm³/mol. The molecule has 3 N–H and O–H groups in total. The minimum Gasteiger partial charge on any atom is -0.508 e. The Labute approximate surface area is 104 Å². The van der Waals surface area contributed by atoms with Crippen molar-refractivity contribution in [3.8, 4) is 5.75 Å². The summed E-state index contributed by atoms with van der Waals surface area (Å²) in [6.07, 6.45) is 0. The van der Waals surface area contributed by atoms with Crippen LogP contribution in [0.5, 0.6) is 5.75 Å². The van der Waals surface area contributed by atoms with E-state index in [1.54, 1.807) is 18.2 Å². The molecule has 0 aliphatic carbocycles. The van der Waals surface area contributed by atoms with Gasteiger partial charge in [-0.15, -0.1) is 0 Å². The summed E-state index contributed by atoms with van der Waals surface area (Å²) in [6, 6.07) is 4.98. The Morgan fingerprint density at radius 1 is 1.29 bits per heavy atom. The second-order valence-electron chi connectivity index (χ2n) is 5.94. The topological polar surface area (TPSA) is 63.3 Å². The van der Waals surface area contributed by atoms with E-state index in [1.807, 2.05) is 0 Å². The van der Waals surface area contributed by atoms with Gasteiger partial charge in [-0.1, -0.05) is 39.9 Å². The van der Waals surface area contributed by atoms with Crippen LogP contribution in [0.1, 0.15) is 31.1 Å². The molecule has 0 aliphatic heterocycles. The molecule has 1 amide bonds. The number of carbonyl (C=O) groups is 1. The van der Waals surface area contributed by atoms with Crippen molar-refractivity contribution in [3.05, 3.63) is 23.8 Å². The third-order valence-electron chi connectivity index (χ3n) is 3.81. The second-order valence-corrected chi connectivity index (χ2v) is 11.2. The molecule has 0 bridgehead atoms. The maximum absolute atomic E-state index is 11.5. The van der Waals surface area contributed by atoms with Gasteiger partial charge in [0.05, 0.1) is 8.07 Å². The molecule has 0 aliphatic rings. The Balaban J connectivity index is 3.55. The molecule has 3 nitrogen and oxygen atoms in total. The van der Waals surface area contributed by atoms with Crippen LogP contribution in [-0.4, -0.2) is 19.1 Å². The smallest absolute Gasteiger partial charge is 0.248 e. The van der Waals surface area contributed by atoms with Gasteiger partial charge >= 0.3 is 0 Å². The number of phenols is 1. The number of aromatic hydroxyl groups is 1.